The molecular weight excluding hydrogens is 302 g/mol. The van der Waals surface area contributed by atoms with E-state index in [4.69, 9.17) is 11.6 Å². The van der Waals surface area contributed by atoms with Gasteiger partial charge >= 0.3 is 0 Å². The van der Waals surface area contributed by atoms with Gasteiger partial charge in [0.2, 0.25) is 0 Å². The second-order valence-electron chi connectivity index (χ2n) is 4.49. The summed E-state index contributed by atoms with van der Waals surface area (Å²) in [6, 6.07) is 15.6. The Kier molecular flexibility index (Phi) is 3.80. The van der Waals surface area contributed by atoms with Crippen LogP contribution < -0.4 is 5.11 Å². The number of aromatic carboxylic acids is 1. The fourth-order valence-electron chi connectivity index (χ4n) is 1.98. The van der Waals surface area contributed by atoms with Gasteiger partial charge in [-0.25, -0.2) is 4.98 Å². The van der Waals surface area contributed by atoms with Crippen molar-refractivity contribution in [2.24, 2.45) is 0 Å². The van der Waals surface area contributed by atoms with Crippen LogP contribution >= 0.6 is 11.6 Å². The summed E-state index contributed by atoms with van der Waals surface area (Å²) in [7, 11) is 0. The second-order valence-corrected chi connectivity index (χ2v) is 4.93. The van der Waals surface area contributed by atoms with Crippen LogP contribution in [-0.4, -0.2) is 21.2 Å². The number of hydrogen-bond acceptors (Lipinski definition) is 5. The number of carboxylic acids is 1. The third-order valence-corrected chi connectivity index (χ3v) is 3.28. The molecule has 0 amide bonds. The van der Waals surface area contributed by atoms with Crippen LogP contribution in [0.4, 0.5) is 0 Å². The standard InChI is InChI=1S/C16H10ClN3O2/c17-12-8-6-10(7-9-12)13-14(16(21)22)18-15(20-19-13)11-4-2-1-3-5-11/h1-9H,(H,21,22)/p-1. The zero-order chi connectivity index (χ0) is 15.5. The van der Waals surface area contributed by atoms with E-state index in [1.807, 2.05) is 18.2 Å². The van der Waals surface area contributed by atoms with Crippen LogP contribution in [0.15, 0.2) is 54.6 Å². The van der Waals surface area contributed by atoms with Gasteiger partial charge in [-0.3, -0.25) is 0 Å². The molecule has 0 saturated carbocycles. The second kappa shape index (κ2) is 5.91. The zero-order valence-corrected chi connectivity index (χ0v) is 12.0. The molecule has 3 aromatic rings. The van der Waals surface area contributed by atoms with E-state index in [-0.39, 0.29) is 17.2 Å². The lowest BCUT2D eigenvalue weighted by Gasteiger charge is -2.09. The summed E-state index contributed by atoms with van der Waals surface area (Å²) in [4.78, 5) is 15.5. The highest BCUT2D eigenvalue weighted by Crippen LogP contribution is 2.23. The number of benzene rings is 2. The quantitative estimate of drug-likeness (QED) is 0.741. The highest BCUT2D eigenvalue weighted by atomic mass is 35.5. The van der Waals surface area contributed by atoms with Gasteiger partial charge in [0.15, 0.2) is 5.82 Å². The third kappa shape index (κ3) is 2.80. The van der Waals surface area contributed by atoms with E-state index < -0.39 is 5.97 Å². The van der Waals surface area contributed by atoms with Crippen molar-refractivity contribution in [2.45, 2.75) is 0 Å². The minimum Gasteiger partial charge on any atom is -0.543 e. The third-order valence-electron chi connectivity index (χ3n) is 3.03. The largest absolute Gasteiger partial charge is 0.543 e. The highest BCUT2D eigenvalue weighted by molar-refractivity contribution is 6.30. The number of nitrogens with zero attached hydrogens (tertiary/aromatic N) is 3. The summed E-state index contributed by atoms with van der Waals surface area (Å²) < 4.78 is 0. The van der Waals surface area contributed by atoms with Gasteiger partial charge in [-0.1, -0.05) is 54.1 Å². The van der Waals surface area contributed by atoms with Crippen molar-refractivity contribution < 1.29 is 9.90 Å². The molecule has 0 N–H and O–H groups in total. The minimum absolute atomic E-state index is 0.149. The molecule has 1 heterocycles. The Morgan fingerprint density at radius 3 is 2.23 bits per heavy atom. The first-order valence-electron chi connectivity index (χ1n) is 6.42. The summed E-state index contributed by atoms with van der Waals surface area (Å²) >= 11 is 5.83. The Hall–Kier alpha value is -2.79. The van der Waals surface area contributed by atoms with Gasteiger partial charge in [-0.2, -0.15) is 0 Å². The van der Waals surface area contributed by atoms with Crippen molar-refractivity contribution in [2.75, 3.05) is 0 Å². The van der Waals surface area contributed by atoms with E-state index >= 15 is 0 Å². The molecule has 5 nitrogen and oxygen atoms in total. The molecule has 1 aromatic heterocycles. The number of rotatable bonds is 3. The molecular formula is C16H9ClN3O2-. The maximum absolute atomic E-state index is 11.4. The first-order chi connectivity index (χ1) is 10.6. The lowest BCUT2D eigenvalue weighted by atomic mass is 10.1. The molecule has 0 aliphatic rings. The summed E-state index contributed by atoms with van der Waals surface area (Å²) in [5.74, 6) is -1.17. The van der Waals surface area contributed by atoms with Gasteiger partial charge in [-0.05, 0) is 12.1 Å². The first-order valence-corrected chi connectivity index (χ1v) is 6.80. The molecule has 0 saturated heterocycles. The Bertz CT molecular complexity index is 821. The average molecular weight is 311 g/mol. The summed E-state index contributed by atoms with van der Waals surface area (Å²) in [5.41, 5.74) is 1.14. The van der Waals surface area contributed by atoms with Crippen molar-refractivity contribution in [3.63, 3.8) is 0 Å². The predicted octanol–water partition coefficient (Wildman–Crippen LogP) is 2.22. The Morgan fingerprint density at radius 1 is 0.909 bits per heavy atom. The number of halogens is 1. The molecule has 3 rings (SSSR count). The number of aromatic nitrogens is 3. The van der Waals surface area contributed by atoms with Crippen molar-refractivity contribution in [3.8, 4) is 22.6 Å². The lowest BCUT2D eigenvalue weighted by Crippen LogP contribution is -2.25. The predicted molar refractivity (Wildman–Crippen MR) is 80.0 cm³/mol. The van der Waals surface area contributed by atoms with Gasteiger partial charge in [0, 0.05) is 16.1 Å². The van der Waals surface area contributed by atoms with E-state index in [2.05, 4.69) is 15.2 Å². The molecule has 0 bridgehead atoms. The van der Waals surface area contributed by atoms with Crippen molar-refractivity contribution in [3.05, 3.63) is 65.3 Å². The number of carbonyl (C=O) groups excluding carboxylic acids is 1. The molecule has 6 heteroatoms. The molecule has 108 valence electrons. The highest BCUT2D eigenvalue weighted by Gasteiger charge is 2.13. The number of hydrogen-bond donors (Lipinski definition) is 0. The maximum Gasteiger partial charge on any atom is 0.182 e. The van der Waals surface area contributed by atoms with Crippen LogP contribution in [0.25, 0.3) is 22.6 Å². The summed E-state index contributed by atoms with van der Waals surface area (Å²) in [5, 5.41) is 19.9. The normalized spacial score (nSPS) is 10.4. The van der Waals surface area contributed by atoms with Crippen LogP contribution in [0.3, 0.4) is 0 Å². The molecule has 0 fully saturated rings. The van der Waals surface area contributed by atoms with E-state index in [9.17, 15) is 9.90 Å². The molecule has 0 aliphatic carbocycles. The zero-order valence-electron chi connectivity index (χ0n) is 11.2. The molecule has 2 aromatic carbocycles. The van der Waals surface area contributed by atoms with Crippen molar-refractivity contribution in [1.29, 1.82) is 0 Å². The summed E-state index contributed by atoms with van der Waals surface area (Å²) in [6.45, 7) is 0. The molecule has 22 heavy (non-hydrogen) atoms. The van der Waals surface area contributed by atoms with Crippen molar-refractivity contribution in [1.82, 2.24) is 15.2 Å². The Morgan fingerprint density at radius 2 is 1.59 bits per heavy atom. The van der Waals surface area contributed by atoms with Crippen LogP contribution in [0, 0.1) is 0 Å². The molecule has 0 atom stereocenters. The van der Waals surface area contributed by atoms with Crippen LogP contribution in [-0.2, 0) is 0 Å². The topological polar surface area (TPSA) is 78.8 Å². The van der Waals surface area contributed by atoms with Crippen molar-refractivity contribution >= 4 is 17.6 Å². The fraction of sp³-hybridized carbons (Fsp3) is 0. The van der Waals surface area contributed by atoms with Gasteiger partial charge in [0.05, 0.1) is 5.97 Å². The van der Waals surface area contributed by atoms with Crippen LogP contribution in [0.1, 0.15) is 10.5 Å². The average Bonchev–Trinajstić information content (AvgIpc) is 2.56. The van der Waals surface area contributed by atoms with Gasteiger partial charge in [0.1, 0.15) is 11.4 Å². The van der Waals surface area contributed by atoms with E-state index in [0.29, 0.717) is 16.1 Å². The van der Waals surface area contributed by atoms with E-state index in [0.717, 1.165) is 0 Å². The summed E-state index contributed by atoms with van der Waals surface area (Å²) in [6.07, 6.45) is 0. The smallest absolute Gasteiger partial charge is 0.182 e. The van der Waals surface area contributed by atoms with Gasteiger partial charge in [-0.15, -0.1) is 10.2 Å². The van der Waals surface area contributed by atoms with E-state index in [1.165, 1.54) is 0 Å². The van der Waals surface area contributed by atoms with Gasteiger partial charge in [0.25, 0.3) is 0 Å². The molecule has 0 spiro atoms. The SMILES string of the molecule is O=C([O-])c1nc(-c2ccccc2)nnc1-c1ccc(Cl)cc1. The van der Waals surface area contributed by atoms with Crippen LogP contribution in [0.5, 0.6) is 0 Å². The monoisotopic (exact) mass is 310 g/mol. The number of carbonyl (C=O) groups is 1. The number of carboxylic acid groups (broad SMARTS) is 1. The molecule has 0 radical (unpaired) electrons. The first kappa shape index (κ1) is 14.2. The lowest BCUT2D eigenvalue weighted by molar-refractivity contribution is -0.255. The van der Waals surface area contributed by atoms with Crippen LogP contribution in [0.2, 0.25) is 5.02 Å². The molecule has 0 unspecified atom stereocenters. The maximum atomic E-state index is 11.4. The Labute approximate surface area is 131 Å². The fourth-order valence-corrected chi connectivity index (χ4v) is 2.11. The minimum atomic E-state index is -1.41. The molecule has 0 aliphatic heterocycles. The van der Waals surface area contributed by atoms with Gasteiger partial charge < -0.3 is 9.90 Å². The Balaban J connectivity index is 2.12. The van der Waals surface area contributed by atoms with E-state index in [1.54, 1.807) is 36.4 Å².